The lowest BCUT2D eigenvalue weighted by atomic mass is 9.76. The summed E-state index contributed by atoms with van der Waals surface area (Å²) < 4.78 is 4.61. The number of aldehydes is 1. The highest BCUT2D eigenvalue weighted by Crippen LogP contribution is 2.57. The van der Waals surface area contributed by atoms with Crippen LogP contribution in [-0.2, 0) is 19.1 Å². The summed E-state index contributed by atoms with van der Waals surface area (Å²) in [7, 11) is 0. The standard InChI is InChI=1S/C10H10O4/c11-3-5-1-4-2-6(5)8-7(4)9(12)14-10(8)13/h3-8H,1-2H2/t4-,5+,6-,7+,8-/m1/s1. The molecule has 3 rings (SSSR count). The number of ether oxygens (including phenoxy) is 1. The Morgan fingerprint density at radius 3 is 2.57 bits per heavy atom. The van der Waals surface area contributed by atoms with Crippen LogP contribution in [0.1, 0.15) is 12.8 Å². The van der Waals surface area contributed by atoms with Crippen molar-refractivity contribution in [2.75, 3.05) is 0 Å². The first-order valence-corrected chi connectivity index (χ1v) is 4.93. The summed E-state index contributed by atoms with van der Waals surface area (Å²) in [5.41, 5.74) is 0. The van der Waals surface area contributed by atoms with Gasteiger partial charge in [-0.15, -0.1) is 0 Å². The average Bonchev–Trinajstić information content (AvgIpc) is 2.78. The van der Waals surface area contributed by atoms with E-state index in [1.807, 2.05) is 0 Å². The summed E-state index contributed by atoms with van der Waals surface area (Å²) in [5.74, 6) is -1.06. The fraction of sp³-hybridized carbons (Fsp3) is 0.700. The maximum atomic E-state index is 11.4. The van der Waals surface area contributed by atoms with Gasteiger partial charge in [0, 0.05) is 5.92 Å². The molecule has 2 aliphatic carbocycles. The second-order valence-corrected chi connectivity index (χ2v) is 4.49. The van der Waals surface area contributed by atoms with Gasteiger partial charge < -0.3 is 9.53 Å². The van der Waals surface area contributed by atoms with E-state index >= 15 is 0 Å². The fourth-order valence-electron chi connectivity index (χ4n) is 3.46. The molecule has 0 radical (unpaired) electrons. The first kappa shape index (κ1) is 8.15. The van der Waals surface area contributed by atoms with Crippen LogP contribution in [0.25, 0.3) is 0 Å². The average molecular weight is 194 g/mol. The van der Waals surface area contributed by atoms with E-state index in [4.69, 9.17) is 0 Å². The van der Waals surface area contributed by atoms with Crippen LogP contribution in [0.2, 0.25) is 0 Å². The Morgan fingerprint density at radius 1 is 1.14 bits per heavy atom. The van der Waals surface area contributed by atoms with Gasteiger partial charge in [-0.3, -0.25) is 9.59 Å². The van der Waals surface area contributed by atoms with Crippen molar-refractivity contribution in [3.63, 3.8) is 0 Å². The molecule has 5 atom stereocenters. The molecule has 0 aromatic heterocycles. The van der Waals surface area contributed by atoms with Gasteiger partial charge in [-0.2, -0.15) is 0 Å². The molecule has 4 heteroatoms. The second kappa shape index (κ2) is 2.43. The van der Waals surface area contributed by atoms with Crippen molar-refractivity contribution < 1.29 is 19.1 Å². The van der Waals surface area contributed by atoms with Gasteiger partial charge >= 0.3 is 11.9 Å². The van der Waals surface area contributed by atoms with Gasteiger partial charge in [0.2, 0.25) is 0 Å². The van der Waals surface area contributed by atoms with Crippen LogP contribution in [0.3, 0.4) is 0 Å². The minimum atomic E-state index is -0.404. The molecule has 0 aromatic rings. The first-order valence-electron chi connectivity index (χ1n) is 4.93. The Balaban J connectivity index is 1.97. The van der Waals surface area contributed by atoms with Crippen molar-refractivity contribution in [3.8, 4) is 0 Å². The normalized spacial score (nSPS) is 49.3. The molecular weight excluding hydrogens is 184 g/mol. The van der Waals surface area contributed by atoms with Crippen LogP contribution in [0.15, 0.2) is 0 Å². The summed E-state index contributed by atoms with van der Waals surface area (Å²) in [5, 5.41) is 0. The maximum Gasteiger partial charge on any atom is 0.317 e. The molecule has 74 valence electrons. The van der Waals surface area contributed by atoms with Gasteiger partial charge in [0.1, 0.15) is 6.29 Å². The van der Waals surface area contributed by atoms with Gasteiger partial charge in [-0.1, -0.05) is 0 Å². The summed E-state index contributed by atoms with van der Waals surface area (Å²) >= 11 is 0. The third kappa shape index (κ3) is 0.768. The highest BCUT2D eigenvalue weighted by atomic mass is 16.6. The lowest BCUT2D eigenvalue weighted by molar-refractivity contribution is -0.154. The minimum Gasteiger partial charge on any atom is -0.393 e. The number of hydrogen-bond donors (Lipinski definition) is 0. The molecule has 4 nitrogen and oxygen atoms in total. The molecule has 1 aliphatic heterocycles. The number of fused-ring (bicyclic) bond motifs is 5. The summed E-state index contributed by atoms with van der Waals surface area (Å²) in [6.45, 7) is 0. The van der Waals surface area contributed by atoms with E-state index in [-0.39, 0.29) is 35.6 Å². The second-order valence-electron chi connectivity index (χ2n) is 4.49. The molecule has 14 heavy (non-hydrogen) atoms. The van der Waals surface area contributed by atoms with Crippen LogP contribution < -0.4 is 0 Å². The monoisotopic (exact) mass is 194 g/mol. The van der Waals surface area contributed by atoms with Crippen LogP contribution >= 0.6 is 0 Å². The van der Waals surface area contributed by atoms with Crippen LogP contribution in [0, 0.1) is 29.6 Å². The van der Waals surface area contributed by atoms with Crippen molar-refractivity contribution in [1.29, 1.82) is 0 Å². The van der Waals surface area contributed by atoms with Crippen molar-refractivity contribution in [3.05, 3.63) is 0 Å². The Hall–Kier alpha value is -1.19. The largest absolute Gasteiger partial charge is 0.393 e. The third-order valence-corrected chi connectivity index (χ3v) is 3.98. The van der Waals surface area contributed by atoms with E-state index < -0.39 is 5.97 Å². The van der Waals surface area contributed by atoms with E-state index in [0.717, 1.165) is 19.1 Å². The highest BCUT2D eigenvalue weighted by molar-refractivity contribution is 5.98. The topological polar surface area (TPSA) is 60.4 Å². The van der Waals surface area contributed by atoms with Crippen molar-refractivity contribution in [1.82, 2.24) is 0 Å². The molecule has 1 heterocycles. The zero-order valence-electron chi connectivity index (χ0n) is 7.51. The van der Waals surface area contributed by atoms with E-state index in [2.05, 4.69) is 4.74 Å². The molecule has 0 unspecified atom stereocenters. The summed E-state index contributed by atoms with van der Waals surface area (Å²) in [6, 6.07) is 0. The zero-order valence-corrected chi connectivity index (χ0v) is 7.51. The third-order valence-electron chi connectivity index (χ3n) is 3.98. The van der Waals surface area contributed by atoms with Gasteiger partial charge in [0.15, 0.2) is 0 Å². The predicted octanol–water partition coefficient (Wildman–Crippen LogP) is 0.157. The summed E-state index contributed by atoms with van der Waals surface area (Å²) in [6.07, 6.45) is 2.54. The van der Waals surface area contributed by atoms with Gasteiger partial charge in [0.25, 0.3) is 0 Å². The molecule has 2 bridgehead atoms. The maximum absolute atomic E-state index is 11.4. The lowest BCUT2D eigenvalue weighted by Gasteiger charge is -2.23. The quantitative estimate of drug-likeness (QED) is 0.339. The smallest absolute Gasteiger partial charge is 0.317 e. The SMILES string of the molecule is O=C[C@@H]1C[C@@H]2C[C@H]1[C@H]1C(=O)OC(=O)[C@@H]21. The van der Waals surface area contributed by atoms with E-state index in [0.29, 0.717) is 0 Å². The summed E-state index contributed by atoms with van der Waals surface area (Å²) in [4.78, 5) is 33.4. The highest BCUT2D eigenvalue weighted by Gasteiger charge is 2.62. The molecule has 0 aromatic carbocycles. The molecule has 0 spiro atoms. The van der Waals surface area contributed by atoms with Crippen molar-refractivity contribution in [2.24, 2.45) is 29.6 Å². The lowest BCUT2D eigenvalue weighted by Crippen LogP contribution is -2.30. The van der Waals surface area contributed by atoms with E-state index in [1.54, 1.807) is 0 Å². The molecule has 2 saturated carbocycles. The fourth-order valence-corrected chi connectivity index (χ4v) is 3.46. The number of rotatable bonds is 1. The van der Waals surface area contributed by atoms with Gasteiger partial charge in [-0.25, -0.2) is 0 Å². The van der Waals surface area contributed by atoms with Crippen molar-refractivity contribution in [2.45, 2.75) is 12.8 Å². The molecule has 3 fully saturated rings. The first-order chi connectivity index (χ1) is 6.72. The van der Waals surface area contributed by atoms with Crippen LogP contribution in [0.4, 0.5) is 0 Å². The van der Waals surface area contributed by atoms with Gasteiger partial charge in [-0.05, 0) is 24.7 Å². The van der Waals surface area contributed by atoms with Gasteiger partial charge in [0.05, 0.1) is 11.8 Å². The molecular formula is C10H10O4. The Labute approximate surface area is 80.6 Å². The van der Waals surface area contributed by atoms with E-state index in [1.165, 1.54) is 0 Å². The number of hydrogen-bond acceptors (Lipinski definition) is 4. The molecule has 3 aliphatic rings. The Kier molecular flexibility index (Phi) is 1.42. The molecule has 0 amide bonds. The van der Waals surface area contributed by atoms with Crippen LogP contribution in [0.5, 0.6) is 0 Å². The molecule has 1 saturated heterocycles. The predicted molar refractivity (Wildman–Crippen MR) is 43.8 cm³/mol. The zero-order chi connectivity index (χ0) is 9.87. The number of carbonyl (C=O) groups is 3. The molecule has 0 N–H and O–H groups in total. The number of cyclic esters (lactones) is 2. The number of esters is 2. The van der Waals surface area contributed by atoms with Crippen molar-refractivity contribution >= 4 is 18.2 Å². The minimum absolute atomic E-state index is 0.0281. The Bertz CT molecular complexity index is 335. The number of carbonyl (C=O) groups excluding carboxylic acids is 3. The van der Waals surface area contributed by atoms with Crippen LogP contribution in [-0.4, -0.2) is 18.2 Å². The Morgan fingerprint density at radius 2 is 1.86 bits per heavy atom. The van der Waals surface area contributed by atoms with E-state index in [9.17, 15) is 14.4 Å².